The van der Waals surface area contributed by atoms with E-state index < -0.39 is 16.0 Å². The van der Waals surface area contributed by atoms with Crippen molar-refractivity contribution in [3.63, 3.8) is 0 Å². The molecule has 0 fully saturated rings. The van der Waals surface area contributed by atoms with Gasteiger partial charge in [0.1, 0.15) is 11.6 Å². The van der Waals surface area contributed by atoms with E-state index in [0.717, 1.165) is 0 Å². The van der Waals surface area contributed by atoms with Crippen molar-refractivity contribution in [2.45, 2.75) is 31.7 Å². The van der Waals surface area contributed by atoms with Gasteiger partial charge in [-0.25, -0.2) is 13.1 Å². The lowest BCUT2D eigenvalue weighted by molar-refractivity contribution is -0.257. The van der Waals surface area contributed by atoms with E-state index in [-0.39, 0.29) is 16.7 Å². The van der Waals surface area contributed by atoms with Crippen molar-refractivity contribution in [2.75, 3.05) is 0 Å². The molecule has 0 amide bonds. The molecule has 6 nitrogen and oxygen atoms in total. The van der Waals surface area contributed by atoms with Crippen LogP contribution >= 0.6 is 0 Å². The van der Waals surface area contributed by atoms with Crippen LogP contribution in [0, 0.1) is 6.92 Å². The molecule has 20 heavy (non-hydrogen) atoms. The molecule has 2 rings (SSSR count). The van der Waals surface area contributed by atoms with E-state index in [9.17, 15) is 18.3 Å². The summed E-state index contributed by atoms with van der Waals surface area (Å²) < 4.78 is 31.7. The van der Waals surface area contributed by atoms with Crippen LogP contribution in [0.3, 0.4) is 0 Å². The van der Waals surface area contributed by atoms with Gasteiger partial charge in [0.2, 0.25) is 10.0 Å². The third-order valence-corrected chi connectivity index (χ3v) is 4.45. The monoisotopic (exact) mass is 296 g/mol. The van der Waals surface area contributed by atoms with Crippen molar-refractivity contribution < 1.29 is 22.7 Å². The summed E-state index contributed by atoms with van der Waals surface area (Å²) >= 11 is 0. The molecule has 1 aromatic heterocycles. The Balaban J connectivity index is 2.60. The van der Waals surface area contributed by atoms with E-state index in [1.165, 1.54) is 18.2 Å². The number of rotatable bonds is 4. The number of hydrogen-bond acceptors (Lipinski definition) is 5. The summed E-state index contributed by atoms with van der Waals surface area (Å²) in [6, 6.07) is 3.96. The van der Waals surface area contributed by atoms with Gasteiger partial charge in [-0.1, -0.05) is 0 Å². The molecule has 2 aromatic rings. The molecule has 0 bridgehead atoms. The molecule has 0 spiro atoms. The molecule has 1 N–H and O–H groups in total. The Morgan fingerprint density at radius 2 is 2.00 bits per heavy atom. The Hall–Kier alpha value is -1.86. The Morgan fingerprint density at radius 3 is 2.55 bits per heavy atom. The van der Waals surface area contributed by atoms with Gasteiger partial charge < -0.3 is 14.3 Å². The minimum atomic E-state index is -3.63. The normalized spacial score (nSPS) is 12.2. The van der Waals surface area contributed by atoms with Crippen molar-refractivity contribution >= 4 is 27.0 Å². The van der Waals surface area contributed by atoms with Crippen LogP contribution in [0.25, 0.3) is 11.0 Å². The average Bonchev–Trinajstić information content (AvgIpc) is 2.65. The molecule has 108 valence electrons. The van der Waals surface area contributed by atoms with Crippen LogP contribution in [-0.4, -0.2) is 20.4 Å². The Morgan fingerprint density at radius 1 is 1.35 bits per heavy atom. The largest absolute Gasteiger partial charge is 0.542 e. The maximum absolute atomic E-state index is 12.1. The zero-order valence-corrected chi connectivity index (χ0v) is 12.1. The summed E-state index contributed by atoms with van der Waals surface area (Å²) in [6.45, 7) is 4.98. The second kappa shape index (κ2) is 4.92. The fraction of sp³-hybridized carbons (Fsp3) is 0.308. The van der Waals surface area contributed by atoms with Gasteiger partial charge in [0, 0.05) is 17.0 Å². The first-order chi connectivity index (χ1) is 9.22. The number of carbonyl (C=O) groups excluding carboxylic acids is 1. The van der Waals surface area contributed by atoms with Gasteiger partial charge >= 0.3 is 0 Å². The zero-order valence-electron chi connectivity index (χ0n) is 11.3. The van der Waals surface area contributed by atoms with E-state index in [0.29, 0.717) is 16.5 Å². The number of hydrogen-bond donors (Lipinski definition) is 1. The first-order valence-corrected chi connectivity index (χ1v) is 7.47. The molecule has 0 atom stereocenters. The van der Waals surface area contributed by atoms with Crippen molar-refractivity contribution in [1.29, 1.82) is 0 Å². The van der Waals surface area contributed by atoms with Gasteiger partial charge in [0.25, 0.3) is 0 Å². The molecule has 0 aliphatic rings. The number of carboxylic acid groups (broad SMARTS) is 1. The maximum Gasteiger partial charge on any atom is 0.240 e. The topological polar surface area (TPSA) is 99.4 Å². The van der Waals surface area contributed by atoms with E-state index in [2.05, 4.69) is 4.72 Å². The number of fused-ring (bicyclic) bond motifs is 1. The zero-order chi connectivity index (χ0) is 15.1. The number of aromatic carboxylic acids is 1. The third-order valence-electron chi connectivity index (χ3n) is 2.79. The van der Waals surface area contributed by atoms with Gasteiger partial charge in [-0.2, -0.15) is 0 Å². The summed E-state index contributed by atoms with van der Waals surface area (Å²) in [4.78, 5) is 10.9. The Bertz CT molecular complexity index is 773. The third kappa shape index (κ3) is 2.54. The average molecular weight is 296 g/mol. The lowest BCUT2D eigenvalue weighted by Crippen LogP contribution is -2.30. The van der Waals surface area contributed by atoms with Crippen molar-refractivity contribution in [3.05, 3.63) is 29.5 Å². The maximum atomic E-state index is 12.1. The molecule has 7 heteroatoms. The fourth-order valence-electron chi connectivity index (χ4n) is 1.94. The number of benzene rings is 1. The highest BCUT2D eigenvalue weighted by Gasteiger charge is 2.18. The fourth-order valence-corrected chi connectivity index (χ4v) is 3.22. The van der Waals surface area contributed by atoms with Gasteiger partial charge in [-0.05, 0) is 39.0 Å². The smallest absolute Gasteiger partial charge is 0.240 e. The van der Waals surface area contributed by atoms with Crippen LogP contribution in [0.15, 0.2) is 27.5 Å². The summed E-state index contributed by atoms with van der Waals surface area (Å²) in [6.07, 6.45) is 0. The second-order valence-electron chi connectivity index (χ2n) is 4.78. The molecule has 0 saturated carbocycles. The summed E-state index contributed by atoms with van der Waals surface area (Å²) in [5.74, 6) is -1.71. The number of carbonyl (C=O) groups is 1. The summed E-state index contributed by atoms with van der Waals surface area (Å²) in [7, 11) is -3.63. The quantitative estimate of drug-likeness (QED) is 0.899. The molecular formula is C13H14NO5S-. The van der Waals surface area contributed by atoms with Crippen LogP contribution in [-0.2, 0) is 10.0 Å². The van der Waals surface area contributed by atoms with Crippen LogP contribution < -0.4 is 9.83 Å². The molecule has 1 aromatic carbocycles. The molecule has 0 unspecified atom stereocenters. The number of carboxylic acids is 1. The van der Waals surface area contributed by atoms with Crippen LogP contribution in [0.2, 0.25) is 0 Å². The number of furan rings is 1. The first kappa shape index (κ1) is 14.5. The molecule has 1 heterocycles. The summed E-state index contributed by atoms with van der Waals surface area (Å²) in [5, 5.41) is 11.3. The molecule has 0 radical (unpaired) electrons. The molecular weight excluding hydrogens is 282 g/mol. The van der Waals surface area contributed by atoms with Gasteiger partial charge in [0.15, 0.2) is 5.76 Å². The van der Waals surface area contributed by atoms with Crippen LogP contribution in [0.5, 0.6) is 0 Å². The highest BCUT2D eigenvalue weighted by molar-refractivity contribution is 7.89. The number of sulfonamides is 1. The second-order valence-corrected chi connectivity index (χ2v) is 6.49. The lowest BCUT2D eigenvalue weighted by Gasteiger charge is -2.09. The molecule has 0 aliphatic heterocycles. The van der Waals surface area contributed by atoms with E-state index in [1.807, 2.05) is 0 Å². The van der Waals surface area contributed by atoms with E-state index >= 15 is 0 Å². The minimum Gasteiger partial charge on any atom is -0.542 e. The van der Waals surface area contributed by atoms with E-state index in [4.69, 9.17) is 4.42 Å². The van der Waals surface area contributed by atoms with Crippen LogP contribution in [0.4, 0.5) is 0 Å². The highest BCUT2D eigenvalue weighted by Crippen LogP contribution is 2.27. The lowest BCUT2D eigenvalue weighted by atomic mass is 10.1. The number of nitrogens with one attached hydrogen (secondary N) is 1. The predicted molar refractivity (Wildman–Crippen MR) is 70.7 cm³/mol. The Kier molecular flexibility index (Phi) is 3.58. The summed E-state index contributed by atoms with van der Waals surface area (Å²) in [5.41, 5.74) is 0.659. The van der Waals surface area contributed by atoms with Crippen molar-refractivity contribution in [1.82, 2.24) is 4.72 Å². The molecule has 0 saturated heterocycles. The van der Waals surface area contributed by atoms with Crippen LogP contribution in [0.1, 0.15) is 30.0 Å². The standard InChI is InChI=1S/C13H15NO5S/c1-7(2)14-20(17,18)9-4-5-11-10(6-9)8(3)12(19-11)13(15)16/h4-7,14H,1-3H3,(H,15,16)/p-1. The van der Waals surface area contributed by atoms with Gasteiger partial charge in [-0.3, -0.25) is 0 Å². The Labute approximate surface area is 116 Å². The van der Waals surface area contributed by atoms with Gasteiger partial charge in [0.05, 0.1) is 4.90 Å². The van der Waals surface area contributed by atoms with Crippen molar-refractivity contribution in [2.24, 2.45) is 0 Å². The number of aryl methyl sites for hydroxylation is 1. The molecule has 0 aliphatic carbocycles. The van der Waals surface area contributed by atoms with E-state index in [1.54, 1.807) is 20.8 Å². The highest BCUT2D eigenvalue weighted by atomic mass is 32.2. The first-order valence-electron chi connectivity index (χ1n) is 5.99. The predicted octanol–water partition coefficient (Wildman–Crippen LogP) is 0.791. The van der Waals surface area contributed by atoms with Gasteiger partial charge in [-0.15, -0.1) is 0 Å². The van der Waals surface area contributed by atoms with Crippen molar-refractivity contribution in [3.8, 4) is 0 Å². The minimum absolute atomic E-state index is 0.0625. The SMILES string of the molecule is Cc1c(C(=O)[O-])oc2ccc(S(=O)(=O)NC(C)C)cc12.